The molecule has 27 heavy (non-hydrogen) atoms. The molecule has 6 heteroatoms. The number of nitrogens with zero attached hydrogens (tertiary/aromatic N) is 3. The number of carbonyl (C=O) groups excluding carboxylic acids is 1. The molecule has 1 heterocycles. The Balaban J connectivity index is 2.00. The summed E-state index contributed by atoms with van der Waals surface area (Å²) in [5, 5.41) is 3.41. The minimum atomic E-state index is -0.301. The first-order valence-corrected chi connectivity index (χ1v) is 9.25. The van der Waals surface area contributed by atoms with E-state index in [4.69, 9.17) is 11.6 Å². The number of nitrogens with one attached hydrogen (secondary N) is 1. The van der Waals surface area contributed by atoms with Gasteiger partial charge in [0, 0.05) is 35.4 Å². The lowest BCUT2D eigenvalue weighted by Crippen LogP contribution is -2.24. The highest BCUT2D eigenvalue weighted by Gasteiger charge is 2.16. The van der Waals surface area contributed by atoms with Crippen molar-refractivity contribution < 1.29 is 4.79 Å². The Hall–Kier alpha value is -2.92. The molecule has 0 atom stereocenters. The van der Waals surface area contributed by atoms with Gasteiger partial charge in [-0.2, -0.15) is 0 Å². The van der Waals surface area contributed by atoms with Crippen molar-refractivity contribution in [2.75, 3.05) is 23.3 Å². The number of hydrogen-bond acceptors (Lipinski definition) is 4. The van der Waals surface area contributed by atoms with E-state index in [-0.39, 0.29) is 5.91 Å². The summed E-state index contributed by atoms with van der Waals surface area (Å²) in [6.45, 7) is 5.69. The third-order valence-corrected chi connectivity index (χ3v) is 4.38. The van der Waals surface area contributed by atoms with Crippen LogP contribution in [0.1, 0.15) is 24.3 Å². The first kappa shape index (κ1) is 18.9. The van der Waals surface area contributed by atoms with Crippen LogP contribution in [0.5, 0.6) is 0 Å². The molecule has 0 unspecified atom stereocenters. The third-order valence-electron chi connectivity index (χ3n) is 4.15. The molecule has 0 bridgehead atoms. The molecule has 0 aliphatic heterocycles. The van der Waals surface area contributed by atoms with E-state index < -0.39 is 0 Å². The van der Waals surface area contributed by atoms with Gasteiger partial charge in [0.2, 0.25) is 0 Å². The van der Waals surface area contributed by atoms with Gasteiger partial charge in [0.15, 0.2) is 5.82 Å². The average molecular weight is 381 g/mol. The third kappa shape index (κ3) is 4.63. The number of hydrogen-bond donors (Lipinski definition) is 1. The van der Waals surface area contributed by atoms with Crippen LogP contribution < -0.4 is 10.2 Å². The second-order valence-corrected chi connectivity index (χ2v) is 6.37. The molecule has 0 saturated heterocycles. The largest absolute Gasteiger partial charge is 0.357 e. The zero-order chi connectivity index (χ0) is 19.2. The SMILES string of the molecule is CCN(CC)c1cc(C(=O)Nc2cccc(Cl)c2)nc(-c2ccccc2)n1. The molecule has 5 nitrogen and oxygen atoms in total. The Morgan fingerprint density at radius 3 is 2.41 bits per heavy atom. The minimum absolute atomic E-state index is 0.301. The highest BCUT2D eigenvalue weighted by atomic mass is 35.5. The van der Waals surface area contributed by atoms with Crippen molar-refractivity contribution in [1.29, 1.82) is 0 Å². The Kier molecular flexibility index (Phi) is 6.04. The monoisotopic (exact) mass is 380 g/mol. The van der Waals surface area contributed by atoms with Gasteiger partial charge in [0.1, 0.15) is 11.5 Å². The Labute approximate surface area is 164 Å². The molecule has 0 radical (unpaired) electrons. The summed E-state index contributed by atoms with van der Waals surface area (Å²) < 4.78 is 0. The van der Waals surface area contributed by atoms with Crippen molar-refractivity contribution in [1.82, 2.24) is 9.97 Å². The molecule has 1 amide bonds. The second-order valence-electron chi connectivity index (χ2n) is 5.94. The van der Waals surface area contributed by atoms with Crippen LogP contribution in [0.15, 0.2) is 60.7 Å². The number of rotatable bonds is 6. The van der Waals surface area contributed by atoms with Crippen molar-refractivity contribution in [3.8, 4) is 11.4 Å². The maximum Gasteiger partial charge on any atom is 0.274 e. The number of benzene rings is 2. The quantitative estimate of drug-likeness (QED) is 0.661. The van der Waals surface area contributed by atoms with Gasteiger partial charge >= 0.3 is 0 Å². The van der Waals surface area contributed by atoms with Crippen molar-refractivity contribution in [3.05, 3.63) is 71.4 Å². The van der Waals surface area contributed by atoms with Gasteiger partial charge in [-0.25, -0.2) is 9.97 Å². The molecule has 138 valence electrons. The van der Waals surface area contributed by atoms with Crippen molar-refractivity contribution >= 4 is 29.0 Å². The minimum Gasteiger partial charge on any atom is -0.357 e. The zero-order valence-corrected chi connectivity index (χ0v) is 16.1. The average Bonchev–Trinajstić information content (AvgIpc) is 2.69. The van der Waals surface area contributed by atoms with E-state index in [1.165, 1.54) is 0 Å². The molecule has 0 aliphatic carbocycles. The topological polar surface area (TPSA) is 58.1 Å². The highest BCUT2D eigenvalue weighted by Crippen LogP contribution is 2.21. The summed E-state index contributed by atoms with van der Waals surface area (Å²) in [7, 11) is 0. The molecular weight excluding hydrogens is 360 g/mol. The summed E-state index contributed by atoms with van der Waals surface area (Å²) in [4.78, 5) is 24.0. The summed E-state index contributed by atoms with van der Waals surface area (Å²) in [6, 6.07) is 18.4. The van der Waals surface area contributed by atoms with Gasteiger partial charge < -0.3 is 10.2 Å². The van der Waals surface area contributed by atoms with Gasteiger partial charge in [-0.3, -0.25) is 4.79 Å². The van der Waals surface area contributed by atoms with Crippen LogP contribution in [0.4, 0.5) is 11.5 Å². The summed E-state index contributed by atoms with van der Waals surface area (Å²) in [5.41, 5.74) is 1.80. The number of anilines is 2. The molecule has 0 fully saturated rings. The standard InChI is InChI=1S/C21H21ClN4O/c1-3-26(4-2)19-14-18(21(27)23-17-12-8-11-16(22)13-17)24-20(25-19)15-9-6-5-7-10-15/h5-14H,3-4H2,1-2H3,(H,23,27). The fourth-order valence-corrected chi connectivity index (χ4v) is 2.93. The van der Waals surface area contributed by atoms with Crippen LogP contribution in [0.3, 0.4) is 0 Å². The van der Waals surface area contributed by atoms with Crippen LogP contribution in [0.25, 0.3) is 11.4 Å². The number of halogens is 1. The van der Waals surface area contributed by atoms with Crippen LogP contribution in [-0.4, -0.2) is 29.0 Å². The van der Waals surface area contributed by atoms with Gasteiger partial charge in [-0.05, 0) is 32.0 Å². The fraction of sp³-hybridized carbons (Fsp3) is 0.190. The Morgan fingerprint density at radius 1 is 1.00 bits per heavy atom. The zero-order valence-electron chi connectivity index (χ0n) is 15.3. The molecule has 3 aromatic rings. The van der Waals surface area contributed by atoms with E-state index >= 15 is 0 Å². The van der Waals surface area contributed by atoms with E-state index in [1.54, 1.807) is 30.3 Å². The molecule has 1 aromatic heterocycles. The van der Waals surface area contributed by atoms with E-state index in [1.807, 2.05) is 30.3 Å². The summed E-state index contributed by atoms with van der Waals surface area (Å²) in [5.74, 6) is 0.951. The Morgan fingerprint density at radius 2 is 1.74 bits per heavy atom. The van der Waals surface area contributed by atoms with E-state index in [2.05, 4.69) is 34.0 Å². The lowest BCUT2D eigenvalue weighted by Gasteiger charge is -2.21. The van der Waals surface area contributed by atoms with Crippen LogP contribution >= 0.6 is 11.6 Å². The van der Waals surface area contributed by atoms with E-state index in [9.17, 15) is 4.79 Å². The molecule has 0 aliphatic rings. The summed E-state index contributed by atoms with van der Waals surface area (Å²) in [6.07, 6.45) is 0. The first-order valence-electron chi connectivity index (χ1n) is 8.87. The molecular formula is C21H21ClN4O. The van der Waals surface area contributed by atoms with Gasteiger partial charge in [0.25, 0.3) is 5.91 Å². The second kappa shape index (κ2) is 8.64. The van der Waals surface area contributed by atoms with Crippen LogP contribution in [0, 0.1) is 0 Å². The summed E-state index contributed by atoms with van der Waals surface area (Å²) >= 11 is 6.00. The van der Waals surface area contributed by atoms with E-state index in [0.29, 0.717) is 22.2 Å². The van der Waals surface area contributed by atoms with E-state index in [0.717, 1.165) is 24.5 Å². The van der Waals surface area contributed by atoms with Crippen LogP contribution in [-0.2, 0) is 0 Å². The normalized spacial score (nSPS) is 10.5. The molecule has 0 spiro atoms. The number of amides is 1. The van der Waals surface area contributed by atoms with Gasteiger partial charge in [-0.1, -0.05) is 48.0 Å². The van der Waals surface area contributed by atoms with Gasteiger partial charge in [-0.15, -0.1) is 0 Å². The maximum atomic E-state index is 12.8. The number of carbonyl (C=O) groups is 1. The van der Waals surface area contributed by atoms with Crippen molar-refractivity contribution in [3.63, 3.8) is 0 Å². The predicted octanol–water partition coefficient (Wildman–Crippen LogP) is 4.90. The molecule has 2 aromatic carbocycles. The Bertz CT molecular complexity index is 926. The smallest absolute Gasteiger partial charge is 0.274 e. The lowest BCUT2D eigenvalue weighted by molar-refractivity contribution is 0.102. The molecule has 3 rings (SSSR count). The lowest BCUT2D eigenvalue weighted by atomic mass is 10.2. The molecule has 1 N–H and O–H groups in total. The number of aromatic nitrogens is 2. The predicted molar refractivity (Wildman–Crippen MR) is 110 cm³/mol. The maximum absolute atomic E-state index is 12.8. The van der Waals surface area contributed by atoms with Gasteiger partial charge in [0.05, 0.1) is 0 Å². The fourth-order valence-electron chi connectivity index (χ4n) is 2.74. The van der Waals surface area contributed by atoms with Crippen LogP contribution in [0.2, 0.25) is 5.02 Å². The first-order chi connectivity index (χ1) is 13.1. The van der Waals surface area contributed by atoms with Crippen molar-refractivity contribution in [2.24, 2.45) is 0 Å². The van der Waals surface area contributed by atoms with Crippen molar-refractivity contribution in [2.45, 2.75) is 13.8 Å². The highest BCUT2D eigenvalue weighted by molar-refractivity contribution is 6.30. The molecule has 0 saturated carbocycles.